The van der Waals surface area contributed by atoms with Crippen LogP contribution in [0, 0.1) is 5.92 Å². The Morgan fingerprint density at radius 3 is 2.44 bits per heavy atom. The average molecular weight is 550 g/mol. The summed E-state index contributed by atoms with van der Waals surface area (Å²) in [6.07, 6.45) is -0.811. The van der Waals surface area contributed by atoms with Crippen LogP contribution in [0.1, 0.15) is 45.1 Å². The zero-order valence-electron chi connectivity index (χ0n) is 22.9. The number of nitrogens with one attached hydrogen (secondary N) is 3. The van der Waals surface area contributed by atoms with Gasteiger partial charge in [-0.05, 0) is 32.0 Å². The van der Waals surface area contributed by atoms with Crippen LogP contribution in [-0.4, -0.2) is 73.2 Å². The van der Waals surface area contributed by atoms with Crippen molar-refractivity contribution in [1.29, 1.82) is 0 Å². The first-order valence-electron chi connectivity index (χ1n) is 13.4. The van der Waals surface area contributed by atoms with Gasteiger partial charge in [0.25, 0.3) is 0 Å². The molecule has 2 atom stereocenters. The molecule has 4 rings (SSSR count). The molecule has 1 aromatic heterocycles. The lowest BCUT2D eigenvalue weighted by Crippen LogP contribution is -2.49. The number of rotatable bonds is 8. The number of anilines is 4. The number of methoxy groups -OCH3 is 1. The second-order valence-corrected chi connectivity index (χ2v) is 10.6. The minimum absolute atomic E-state index is 0.00900. The molecule has 2 aliphatic rings. The second kappa shape index (κ2) is 12.3. The Labute approximate surface area is 227 Å². The van der Waals surface area contributed by atoms with E-state index < -0.39 is 11.7 Å². The lowest BCUT2D eigenvalue weighted by Gasteiger charge is -2.34. The fourth-order valence-corrected chi connectivity index (χ4v) is 4.93. The van der Waals surface area contributed by atoms with Gasteiger partial charge in [0.15, 0.2) is 0 Å². The minimum atomic E-state index is -4.64. The Hall–Kier alpha value is -3.28. The van der Waals surface area contributed by atoms with Crippen molar-refractivity contribution in [3.8, 4) is 5.75 Å². The summed E-state index contributed by atoms with van der Waals surface area (Å²) in [5.74, 6) is -0.112. The molecule has 1 amide bonds. The van der Waals surface area contributed by atoms with E-state index >= 15 is 0 Å². The van der Waals surface area contributed by atoms with Crippen molar-refractivity contribution >= 4 is 29.0 Å². The van der Waals surface area contributed by atoms with Crippen molar-refractivity contribution in [3.63, 3.8) is 0 Å². The number of halogens is 3. The summed E-state index contributed by atoms with van der Waals surface area (Å²) >= 11 is 0. The largest absolute Gasteiger partial charge is 0.494 e. The highest BCUT2D eigenvalue weighted by atomic mass is 19.4. The zero-order valence-corrected chi connectivity index (χ0v) is 22.9. The first-order chi connectivity index (χ1) is 18.5. The van der Waals surface area contributed by atoms with Gasteiger partial charge >= 0.3 is 6.18 Å². The molecule has 2 aromatic rings. The fraction of sp³-hybridized carbons (Fsp3) is 0.593. The van der Waals surface area contributed by atoms with E-state index in [1.54, 1.807) is 21.0 Å². The summed E-state index contributed by atoms with van der Waals surface area (Å²) in [5, 5.41) is 9.00. The summed E-state index contributed by atoms with van der Waals surface area (Å²) in [6.45, 7) is 7.28. The summed E-state index contributed by atoms with van der Waals surface area (Å²) in [7, 11) is 3.64. The molecule has 0 spiro atoms. The number of alkyl halides is 3. The van der Waals surface area contributed by atoms with Crippen LogP contribution in [0.5, 0.6) is 5.75 Å². The summed E-state index contributed by atoms with van der Waals surface area (Å²) in [6, 6.07) is 5.00. The number of likely N-dealkylation sites (N-methyl/N-ethyl adjacent to an activating group) is 1. The van der Waals surface area contributed by atoms with Gasteiger partial charge in [-0.3, -0.25) is 4.79 Å². The van der Waals surface area contributed by atoms with Gasteiger partial charge in [0.1, 0.15) is 17.1 Å². The molecule has 1 saturated heterocycles. The average Bonchev–Trinajstić information content (AvgIpc) is 2.90. The molecular weight excluding hydrogens is 511 g/mol. The predicted molar refractivity (Wildman–Crippen MR) is 146 cm³/mol. The number of carbonyl (C=O) groups excluding carboxylic acids is 1. The van der Waals surface area contributed by atoms with E-state index in [0.717, 1.165) is 50.9 Å². The molecule has 1 aliphatic carbocycles. The fourth-order valence-electron chi connectivity index (χ4n) is 4.93. The molecule has 9 nitrogen and oxygen atoms in total. The Morgan fingerprint density at radius 2 is 1.79 bits per heavy atom. The Morgan fingerprint density at radius 1 is 1.10 bits per heavy atom. The van der Waals surface area contributed by atoms with Crippen LogP contribution in [0.3, 0.4) is 0 Å². The van der Waals surface area contributed by atoms with Gasteiger partial charge < -0.3 is 30.5 Å². The van der Waals surface area contributed by atoms with Crippen LogP contribution in [0.2, 0.25) is 0 Å². The zero-order chi connectivity index (χ0) is 28.2. The number of hydrogen-bond acceptors (Lipinski definition) is 8. The van der Waals surface area contributed by atoms with Gasteiger partial charge in [0, 0.05) is 62.1 Å². The normalized spacial score (nSPS) is 20.6. The maximum Gasteiger partial charge on any atom is 0.421 e. The van der Waals surface area contributed by atoms with Crippen LogP contribution in [0.4, 0.5) is 36.3 Å². The van der Waals surface area contributed by atoms with Gasteiger partial charge in [-0.2, -0.15) is 18.2 Å². The molecule has 3 N–H and O–H groups in total. The minimum Gasteiger partial charge on any atom is -0.494 e. The second-order valence-electron chi connectivity index (χ2n) is 10.6. The van der Waals surface area contributed by atoms with Gasteiger partial charge in [0.05, 0.1) is 12.8 Å². The summed E-state index contributed by atoms with van der Waals surface area (Å²) in [4.78, 5) is 25.0. The van der Waals surface area contributed by atoms with E-state index in [-0.39, 0.29) is 35.7 Å². The van der Waals surface area contributed by atoms with Gasteiger partial charge in [-0.25, -0.2) is 4.98 Å². The monoisotopic (exact) mass is 549 g/mol. The van der Waals surface area contributed by atoms with Crippen LogP contribution in [-0.2, 0) is 11.0 Å². The topological polar surface area (TPSA) is 94.6 Å². The van der Waals surface area contributed by atoms with Crippen LogP contribution < -0.4 is 25.6 Å². The number of carbonyl (C=O) groups is 1. The predicted octanol–water partition coefficient (Wildman–Crippen LogP) is 4.49. The SMILES string of the molecule is COc1cc(N2CCN(C)CC2)ccc1Nc1ncc(C(F)(F)F)c(N[C@@H]2CCCC[C@H]2NC(=O)C(C)C)n1. The molecule has 1 aliphatic heterocycles. The third-order valence-electron chi connectivity index (χ3n) is 7.33. The van der Waals surface area contributed by atoms with Gasteiger partial charge in [0.2, 0.25) is 11.9 Å². The number of benzene rings is 1. The highest BCUT2D eigenvalue weighted by Gasteiger charge is 2.37. The first-order valence-corrected chi connectivity index (χ1v) is 13.4. The van der Waals surface area contributed by atoms with E-state index in [2.05, 4.69) is 42.8 Å². The van der Waals surface area contributed by atoms with Gasteiger partial charge in [-0.1, -0.05) is 26.7 Å². The maximum atomic E-state index is 13.9. The highest BCUT2D eigenvalue weighted by molar-refractivity contribution is 5.78. The molecule has 0 bridgehead atoms. The van der Waals surface area contributed by atoms with Crippen LogP contribution >= 0.6 is 0 Å². The highest BCUT2D eigenvalue weighted by Crippen LogP contribution is 2.37. The molecule has 2 fully saturated rings. The van der Waals surface area contributed by atoms with Crippen molar-refractivity contribution in [2.24, 2.45) is 5.92 Å². The number of nitrogens with zero attached hydrogens (tertiary/aromatic N) is 4. The molecule has 39 heavy (non-hydrogen) atoms. The third-order valence-corrected chi connectivity index (χ3v) is 7.33. The number of piperazine rings is 1. The molecule has 214 valence electrons. The smallest absolute Gasteiger partial charge is 0.421 e. The lowest BCUT2D eigenvalue weighted by molar-refractivity contribution is -0.137. The standard InChI is InChI=1S/C27H38F3N7O2/c1-17(2)25(38)33-21-8-6-5-7-20(21)32-24-19(27(28,29)30)16-31-26(35-24)34-22-10-9-18(15-23(22)39-4)37-13-11-36(3)12-14-37/h9-10,15-17,20-21H,5-8,11-14H2,1-4H3,(H,33,38)(H2,31,32,34,35)/t20-,21-/m1/s1. The van der Waals surface area contributed by atoms with Gasteiger partial charge in [-0.15, -0.1) is 0 Å². The van der Waals surface area contributed by atoms with Crippen LogP contribution in [0.25, 0.3) is 0 Å². The number of aromatic nitrogens is 2. The quantitative estimate of drug-likeness (QED) is 0.444. The van der Waals surface area contributed by atoms with E-state index in [0.29, 0.717) is 24.3 Å². The Kier molecular flexibility index (Phi) is 9.04. The van der Waals surface area contributed by atoms with E-state index in [1.165, 1.54) is 0 Å². The summed E-state index contributed by atoms with van der Waals surface area (Å²) in [5.41, 5.74) is 0.596. The number of amides is 1. The van der Waals surface area contributed by atoms with Crippen molar-refractivity contribution in [3.05, 3.63) is 30.0 Å². The van der Waals surface area contributed by atoms with E-state index in [1.807, 2.05) is 18.2 Å². The van der Waals surface area contributed by atoms with E-state index in [9.17, 15) is 18.0 Å². The molecule has 2 heterocycles. The Bertz CT molecular complexity index is 1140. The molecule has 1 aromatic carbocycles. The van der Waals surface area contributed by atoms with Crippen molar-refractivity contribution in [1.82, 2.24) is 20.2 Å². The molecule has 1 saturated carbocycles. The van der Waals surface area contributed by atoms with E-state index in [4.69, 9.17) is 4.74 Å². The molecule has 0 radical (unpaired) electrons. The lowest BCUT2D eigenvalue weighted by atomic mass is 9.89. The first kappa shape index (κ1) is 28.7. The number of ether oxygens (including phenoxy) is 1. The Balaban J connectivity index is 1.57. The van der Waals surface area contributed by atoms with Crippen molar-refractivity contribution in [2.45, 2.75) is 57.8 Å². The molecular formula is C27H38F3N7O2. The van der Waals surface area contributed by atoms with Crippen molar-refractivity contribution < 1.29 is 22.7 Å². The third kappa shape index (κ3) is 7.23. The molecule has 0 unspecified atom stereocenters. The van der Waals surface area contributed by atoms with Crippen LogP contribution in [0.15, 0.2) is 24.4 Å². The summed E-state index contributed by atoms with van der Waals surface area (Å²) < 4.78 is 47.3. The van der Waals surface area contributed by atoms with Crippen molar-refractivity contribution in [2.75, 3.05) is 55.9 Å². The molecule has 12 heteroatoms. The number of hydrogen-bond donors (Lipinski definition) is 3. The maximum absolute atomic E-state index is 13.9.